The molecule has 1 heterocycles. The molecule has 0 saturated carbocycles. The van der Waals surface area contributed by atoms with Crippen molar-refractivity contribution in [2.45, 2.75) is 5.60 Å². The van der Waals surface area contributed by atoms with Gasteiger partial charge in [-0.15, -0.1) is 6.42 Å². The average Bonchev–Trinajstić information content (AvgIpc) is 2.92. The summed E-state index contributed by atoms with van der Waals surface area (Å²) in [6.45, 7) is 0. The number of terminal acetylenes is 1. The Labute approximate surface area is 99.6 Å². The van der Waals surface area contributed by atoms with Crippen LogP contribution in [0.5, 0.6) is 5.75 Å². The van der Waals surface area contributed by atoms with E-state index in [0.29, 0.717) is 17.1 Å². The SMILES string of the molecule is C#CC(O)(c1ccc(OC)cc1)c1ccco1. The smallest absolute Gasteiger partial charge is 0.209 e. The van der Waals surface area contributed by atoms with Gasteiger partial charge in [-0.05, 0) is 24.3 Å². The maximum Gasteiger partial charge on any atom is 0.209 e. The minimum atomic E-state index is -1.55. The molecule has 1 unspecified atom stereocenters. The summed E-state index contributed by atoms with van der Waals surface area (Å²) in [4.78, 5) is 0. The number of benzene rings is 1. The minimum Gasteiger partial charge on any atom is -0.497 e. The molecule has 0 fully saturated rings. The van der Waals surface area contributed by atoms with Crippen molar-refractivity contribution in [2.75, 3.05) is 7.11 Å². The summed E-state index contributed by atoms with van der Waals surface area (Å²) in [5.41, 5.74) is -0.980. The maximum absolute atomic E-state index is 10.4. The van der Waals surface area contributed by atoms with Gasteiger partial charge in [0.15, 0.2) is 5.76 Å². The van der Waals surface area contributed by atoms with Crippen molar-refractivity contribution < 1.29 is 14.3 Å². The molecule has 1 aromatic carbocycles. The Morgan fingerprint density at radius 2 is 2.00 bits per heavy atom. The summed E-state index contributed by atoms with van der Waals surface area (Å²) >= 11 is 0. The summed E-state index contributed by atoms with van der Waals surface area (Å²) in [7, 11) is 1.58. The normalized spacial score (nSPS) is 13.7. The highest BCUT2D eigenvalue weighted by atomic mass is 16.5. The third kappa shape index (κ3) is 1.91. The van der Waals surface area contributed by atoms with Gasteiger partial charge in [-0.2, -0.15) is 0 Å². The van der Waals surface area contributed by atoms with Crippen molar-refractivity contribution in [3.05, 3.63) is 54.0 Å². The lowest BCUT2D eigenvalue weighted by molar-refractivity contribution is 0.118. The lowest BCUT2D eigenvalue weighted by atomic mass is 9.92. The van der Waals surface area contributed by atoms with Crippen LogP contribution >= 0.6 is 0 Å². The van der Waals surface area contributed by atoms with Crippen LogP contribution in [0.25, 0.3) is 0 Å². The highest BCUT2D eigenvalue weighted by molar-refractivity contribution is 5.41. The lowest BCUT2D eigenvalue weighted by Crippen LogP contribution is -2.24. The molecule has 1 atom stereocenters. The Bertz CT molecular complexity index is 520. The molecule has 0 amide bonds. The molecule has 86 valence electrons. The van der Waals surface area contributed by atoms with Crippen LogP contribution in [0.15, 0.2) is 47.1 Å². The predicted octanol–water partition coefficient (Wildman–Crippen LogP) is 2.16. The van der Waals surface area contributed by atoms with E-state index in [1.165, 1.54) is 6.26 Å². The zero-order chi connectivity index (χ0) is 12.3. The van der Waals surface area contributed by atoms with Crippen molar-refractivity contribution in [2.24, 2.45) is 0 Å². The number of furan rings is 1. The first-order valence-electron chi connectivity index (χ1n) is 5.09. The van der Waals surface area contributed by atoms with Gasteiger partial charge in [0.25, 0.3) is 0 Å². The molecule has 0 aliphatic heterocycles. The third-order valence-corrected chi connectivity index (χ3v) is 2.59. The molecule has 3 heteroatoms. The van der Waals surface area contributed by atoms with Gasteiger partial charge in [-0.3, -0.25) is 0 Å². The van der Waals surface area contributed by atoms with E-state index >= 15 is 0 Å². The molecule has 3 nitrogen and oxygen atoms in total. The lowest BCUT2D eigenvalue weighted by Gasteiger charge is -2.20. The zero-order valence-corrected chi connectivity index (χ0v) is 9.38. The summed E-state index contributed by atoms with van der Waals surface area (Å²) in [5.74, 6) is 3.38. The van der Waals surface area contributed by atoms with Crippen molar-refractivity contribution >= 4 is 0 Å². The second-order valence-corrected chi connectivity index (χ2v) is 3.56. The number of methoxy groups -OCH3 is 1. The van der Waals surface area contributed by atoms with Crippen LogP contribution in [0.2, 0.25) is 0 Å². The van der Waals surface area contributed by atoms with E-state index in [1.54, 1.807) is 43.5 Å². The van der Waals surface area contributed by atoms with Crippen LogP contribution in [0.4, 0.5) is 0 Å². The standard InChI is InChI=1S/C14H12O3/c1-3-14(15,13-5-4-10-17-13)11-6-8-12(16-2)9-7-11/h1,4-10,15H,2H3. The molecule has 1 aromatic heterocycles. The molecule has 0 spiro atoms. The van der Waals surface area contributed by atoms with Crippen LogP contribution in [0.1, 0.15) is 11.3 Å². The molecule has 2 rings (SSSR count). The molecule has 0 bridgehead atoms. The van der Waals surface area contributed by atoms with Crippen LogP contribution in [-0.4, -0.2) is 12.2 Å². The quantitative estimate of drug-likeness (QED) is 0.818. The molecule has 2 aromatic rings. The second-order valence-electron chi connectivity index (χ2n) is 3.56. The van der Waals surface area contributed by atoms with Crippen LogP contribution in [0, 0.1) is 12.3 Å². The zero-order valence-electron chi connectivity index (χ0n) is 9.38. The highest BCUT2D eigenvalue weighted by Gasteiger charge is 2.32. The van der Waals surface area contributed by atoms with E-state index in [9.17, 15) is 5.11 Å². The van der Waals surface area contributed by atoms with Gasteiger partial charge in [-0.25, -0.2) is 0 Å². The first-order chi connectivity index (χ1) is 8.20. The van der Waals surface area contributed by atoms with Gasteiger partial charge in [-0.1, -0.05) is 18.1 Å². The van der Waals surface area contributed by atoms with E-state index < -0.39 is 5.60 Å². The Morgan fingerprint density at radius 3 is 2.47 bits per heavy atom. The summed E-state index contributed by atoms with van der Waals surface area (Å²) in [5, 5.41) is 10.4. The fourth-order valence-corrected chi connectivity index (χ4v) is 1.61. The van der Waals surface area contributed by atoms with Crippen LogP contribution in [-0.2, 0) is 5.60 Å². The summed E-state index contributed by atoms with van der Waals surface area (Å²) in [6, 6.07) is 10.2. The summed E-state index contributed by atoms with van der Waals surface area (Å²) < 4.78 is 10.2. The number of rotatable bonds is 3. The Hall–Kier alpha value is -2.18. The molecule has 0 saturated heterocycles. The van der Waals surface area contributed by atoms with Crippen molar-refractivity contribution in [3.63, 3.8) is 0 Å². The second kappa shape index (κ2) is 4.36. The van der Waals surface area contributed by atoms with Crippen molar-refractivity contribution in [3.8, 4) is 18.1 Å². The van der Waals surface area contributed by atoms with Gasteiger partial charge < -0.3 is 14.3 Å². The minimum absolute atomic E-state index is 0.324. The highest BCUT2D eigenvalue weighted by Crippen LogP contribution is 2.30. The Balaban J connectivity index is 2.45. The molecular formula is C14H12O3. The first kappa shape index (κ1) is 11.3. The molecule has 1 N–H and O–H groups in total. The number of hydrogen-bond donors (Lipinski definition) is 1. The van der Waals surface area contributed by atoms with Gasteiger partial charge >= 0.3 is 0 Å². The van der Waals surface area contributed by atoms with E-state index in [4.69, 9.17) is 15.6 Å². The van der Waals surface area contributed by atoms with Gasteiger partial charge in [0, 0.05) is 5.56 Å². The van der Waals surface area contributed by atoms with E-state index in [1.807, 2.05) is 0 Å². The van der Waals surface area contributed by atoms with Crippen molar-refractivity contribution in [1.82, 2.24) is 0 Å². The number of ether oxygens (including phenoxy) is 1. The fraction of sp³-hybridized carbons (Fsp3) is 0.143. The number of hydrogen-bond acceptors (Lipinski definition) is 3. The maximum atomic E-state index is 10.4. The van der Waals surface area contributed by atoms with Gasteiger partial charge in [0.1, 0.15) is 5.75 Å². The van der Waals surface area contributed by atoms with E-state index in [0.717, 1.165) is 0 Å². The van der Waals surface area contributed by atoms with Crippen LogP contribution in [0.3, 0.4) is 0 Å². The topological polar surface area (TPSA) is 42.6 Å². The van der Waals surface area contributed by atoms with E-state index in [-0.39, 0.29) is 0 Å². The summed E-state index contributed by atoms with van der Waals surface area (Å²) in [6.07, 6.45) is 6.88. The third-order valence-electron chi connectivity index (χ3n) is 2.59. The average molecular weight is 228 g/mol. The molecule has 17 heavy (non-hydrogen) atoms. The Kier molecular flexibility index (Phi) is 2.90. The predicted molar refractivity (Wildman–Crippen MR) is 63.5 cm³/mol. The number of aliphatic hydroxyl groups is 1. The fourth-order valence-electron chi connectivity index (χ4n) is 1.61. The van der Waals surface area contributed by atoms with E-state index in [2.05, 4.69) is 5.92 Å². The largest absolute Gasteiger partial charge is 0.497 e. The first-order valence-corrected chi connectivity index (χ1v) is 5.09. The monoisotopic (exact) mass is 228 g/mol. The molecule has 0 aliphatic rings. The van der Waals surface area contributed by atoms with Gasteiger partial charge in [0.2, 0.25) is 5.60 Å². The van der Waals surface area contributed by atoms with Crippen molar-refractivity contribution in [1.29, 1.82) is 0 Å². The molecule has 0 radical (unpaired) electrons. The Morgan fingerprint density at radius 1 is 1.29 bits per heavy atom. The molecular weight excluding hydrogens is 216 g/mol. The van der Waals surface area contributed by atoms with Crippen LogP contribution < -0.4 is 4.74 Å². The van der Waals surface area contributed by atoms with Gasteiger partial charge in [0.05, 0.1) is 13.4 Å². The molecule has 0 aliphatic carbocycles.